The van der Waals surface area contributed by atoms with Gasteiger partial charge in [0, 0.05) is 18.7 Å². The Hall–Kier alpha value is -1.89. The third kappa shape index (κ3) is 3.35. The molecule has 0 aliphatic carbocycles. The molecule has 0 radical (unpaired) electrons. The van der Waals surface area contributed by atoms with Crippen molar-refractivity contribution in [2.45, 2.75) is 19.4 Å². The predicted octanol–water partition coefficient (Wildman–Crippen LogP) is 0.390. The van der Waals surface area contributed by atoms with E-state index < -0.39 is 4.92 Å². The molecule has 1 aromatic heterocycles. The molecule has 1 atom stereocenters. The van der Waals surface area contributed by atoms with Gasteiger partial charge in [-0.15, -0.1) is 0 Å². The van der Waals surface area contributed by atoms with E-state index in [-0.39, 0.29) is 23.5 Å². The molecule has 7 heteroatoms. The maximum atomic E-state index is 11.5. The quantitative estimate of drug-likeness (QED) is 0.497. The Labute approximate surface area is 92.2 Å². The molecular formula is C9H14N4O3. The highest BCUT2D eigenvalue weighted by molar-refractivity contribution is 5.92. The molecule has 1 amide bonds. The molecular weight excluding hydrogens is 212 g/mol. The Kier molecular flexibility index (Phi) is 4.01. The molecule has 0 aliphatic heterocycles. The van der Waals surface area contributed by atoms with Crippen LogP contribution in [0.3, 0.4) is 0 Å². The zero-order valence-corrected chi connectivity index (χ0v) is 8.90. The Morgan fingerprint density at radius 2 is 2.38 bits per heavy atom. The number of rotatable bonds is 5. The van der Waals surface area contributed by atoms with Gasteiger partial charge in [-0.2, -0.15) is 0 Å². The van der Waals surface area contributed by atoms with Crippen LogP contribution in [0, 0.1) is 10.1 Å². The lowest BCUT2D eigenvalue weighted by Gasteiger charge is -2.04. The van der Waals surface area contributed by atoms with E-state index in [1.54, 1.807) is 0 Å². The number of nitrogens with one attached hydrogen (secondary N) is 2. The number of hydrogen-bond acceptors (Lipinski definition) is 4. The van der Waals surface area contributed by atoms with Crippen LogP contribution in [-0.4, -0.2) is 28.4 Å². The molecule has 0 saturated carbocycles. The van der Waals surface area contributed by atoms with Crippen molar-refractivity contribution in [1.82, 2.24) is 10.3 Å². The van der Waals surface area contributed by atoms with Crippen LogP contribution < -0.4 is 11.1 Å². The van der Waals surface area contributed by atoms with Gasteiger partial charge in [-0.3, -0.25) is 4.79 Å². The van der Waals surface area contributed by atoms with E-state index >= 15 is 0 Å². The minimum Gasteiger partial charge on any atom is -0.358 e. The van der Waals surface area contributed by atoms with Gasteiger partial charge in [0.2, 0.25) is 0 Å². The SMILES string of the molecule is CC(N)CCNC(=O)c1ccc([N+](=O)[O-])[nH]1. The second kappa shape index (κ2) is 5.26. The fraction of sp³-hybridized carbons (Fsp3) is 0.444. The van der Waals surface area contributed by atoms with Crippen LogP contribution in [0.5, 0.6) is 0 Å². The molecule has 0 fully saturated rings. The summed E-state index contributed by atoms with van der Waals surface area (Å²) in [4.78, 5) is 23.6. The molecule has 0 aromatic carbocycles. The summed E-state index contributed by atoms with van der Waals surface area (Å²) in [5.74, 6) is -0.564. The molecule has 0 bridgehead atoms. The van der Waals surface area contributed by atoms with Gasteiger partial charge in [0.05, 0.1) is 0 Å². The van der Waals surface area contributed by atoms with Gasteiger partial charge in [-0.25, -0.2) is 4.98 Å². The van der Waals surface area contributed by atoms with Crippen molar-refractivity contribution in [2.24, 2.45) is 5.73 Å². The molecule has 0 aliphatic rings. The number of amides is 1. The second-order valence-corrected chi connectivity index (χ2v) is 3.54. The van der Waals surface area contributed by atoms with Gasteiger partial charge in [0.15, 0.2) is 5.69 Å². The van der Waals surface area contributed by atoms with Crippen LogP contribution >= 0.6 is 0 Å². The van der Waals surface area contributed by atoms with Gasteiger partial charge in [-0.05, 0) is 24.3 Å². The predicted molar refractivity (Wildman–Crippen MR) is 58.0 cm³/mol. The summed E-state index contributed by atoms with van der Waals surface area (Å²) >= 11 is 0. The molecule has 1 heterocycles. The smallest absolute Gasteiger partial charge is 0.321 e. The number of carbonyl (C=O) groups is 1. The first-order chi connectivity index (χ1) is 7.50. The van der Waals surface area contributed by atoms with Crippen molar-refractivity contribution >= 4 is 11.7 Å². The standard InChI is InChI=1S/C9H14N4O3/c1-6(10)4-5-11-9(14)7-2-3-8(12-7)13(15)16/h2-3,6,12H,4-5,10H2,1H3,(H,11,14). The summed E-state index contributed by atoms with van der Waals surface area (Å²) in [5, 5.41) is 13.0. The van der Waals surface area contributed by atoms with Crippen LogP contribution in [0.2, 0.25) is 0 Å². The fourth-order valence-electron chi connectivity index (χ4n) is 1.13. The minimum absolute atomic E-state index is 0.0123. The Morgan fingerprint density at radius 1 is 1.69 bits per heavy atom. The largest absolute Gasteiger partial charge is 0.358 e. The number of nitrogens with zero attached hydrogens (tertiary/aromatic N) is 1. The number of H-pyrrole nitrogens is 1. The number of hydrogen-bond donors (Lipinski definition) is 3. The normalized spacial score (nSPS) is 12.1. The average molecular weight is 226 g/mol. The zero-order chi connectivity index (χ0) is 12.1. The number of nitrogens with two attached hydrogens (primary N) is 1. The van der Waals surface area contributed by atoms with Gasteiger partial charge in [0.25, 0.3) is 5.91 Å². The highest BCUT2D eigenvalue weighted by Crippen LogP contribution is 2.09. The molecule has 16 heavy (non-hydrogen) atoms. The van der Waals surface area contributed by atoms with Gasteiger partial charge in [-0.1, -0.05) is 0 Å². The summed E-state index contributed by atoms with van der Waals surface area (Å²) in [6.07, 6.45) is 0.661. The lowest BCUT2D eigenvalue weighted by Crippen LogP contribution is -2.29. The van der Waals surface area contributed by atoms with E-state index in [4.69, 9.17) is 5.73 Å². The summed E-state index contributed by atoms with van der Waals surface area (Å²) in [7, 11) is 0. The highest BCUT2D eigenvalue weighted by atomic mass is 16.6. The molecule has 0 saturated heterocycles. The Balaban J connectivity index is 2.50. The third-order valence-electron chi connectivity index (χ3n) is 2.00. The van der Waals surface area contributed by atoms with E-state index in [1.807, 2.05) is 6.92 Å². The topological polar surface area (TPSA) is 114 Å². The van der Waals surface area contributed by atoms with Crippen LogP contribution in [0.25, 0.3) is 0 Å². The van der Waals surface area contributed by atoms with E-state index in [0.717, 1.165) is 0 Å². The molecule has 1 aromatic rings. The molecule has 88 valence electrons. The van der Waals surface area contributed by atoms with Crippen molar-refractivity contribution in [3.05, 3.63) is 27.9 Å². The summed E-state index contributed by atoms with van der Waals surface area (Å²) in [6, 6.07) is 2.64. The molecule has 1 unspecified atom stereocenters. The van der Waals surface area contributed by atoms with Crippen LogP contribution in [0.4, 0.5) is 5.82 Å². The lowest BCUT2D eigenvalue weighted by atomic mass is 10.2. The Bertz CT molecular complexity index is 386. The van der Waals surface area contributed by atoms with Gasteiger partial charge in [0.1, 0.15) is 0 Å². The van der Waals surface area contributed by atoms with Crippen molar-refractivity contribution < 1.29 is 9.72 Å². The van der Waals surface area contributed by atoms with Crippen molar-refractivity contribution in [3.8, 4) is 0 Å². The fourth-order valence-corrected chi connectivity index (χ4v) is 1.13. The van der Waals surface area contributed by atoms with Crippen molar-refractivity contribution in [1.29, 1.82) is 0 Å². The van der Waals surface area contributed by atoms with E-state index in [9.17, 15) is 14.9 Å². The number of nitro groups is 1. The Morgan fingerprint density at radius 3 is 2.88 bits per heavy atom. The van der Waals surface area contributed by atoms with E-state index in [0.29, 0.717) is 13.0 Å². The van der Waals surface area contributed by atoms with Crippen molar-refractivity contribution in [2.75, 3.05) is 6.54 Å². The summed E-state index contributed by atoms with van der Waals surface area (Å²) in [6.45, 7) is 2.29. The number of aromatic amines is 1. The molecule has 4 N–H and O–H groups in total. The molecule has 0 spiro atoms. The number of aromatic nitrogens is 1. The molecule has 1 rings (SSSR count). The number of carbonyl (C=O) groups excluding carboxylic acids is 1. The van der Waals surface area contributed by atoms with Crippen LogP contribution in [0.1, 0.15) is 23.8 Å². The maximum Gasteiger partial charge on any atom is 0.321 e. The summed E-state index contributed by atoms with van der Waals surface area (Å²) < 4.78 is 0. The molecule has 7 nitrogen and oxygen atoms in total. The zero-order valence-electron chi connectivity index (χ0n) is 8.90. The third-order valence-corrected chi connectivity index (χ3v) is 2.00. The highest BCUT2D eigenvalue weighted by Gasteiger charge is 2.14. The first kappa shape index (κ1) is 12.2. The van der Waals surface area contributed by atoms with E-state index in [2.05, 4.69) is 10.3 Å². The van der Waals surface area contributed by atoms with Crippen LogP contribution in [-0.2, 0) is 0 Å². The van der Waals surface area contributed by atoms with Crippen LogP contribution in [0.15, 0.2) is 12.1 Å². The monoisotopic (exact) mass is 226 g/mol. The summed E-state index contributed by atoms with van der Waals surface area (Å²) in [5.41, 5.74) is 5.69. The first-order valence-electron chi connectivity index (χ1n) is 4.88. The average Bonchev–Trinajstić information content (AvgIpc) is 2.65. The first-order valence-corrected chi connectivity index (χ1v) is 4.88. The van der Waals surface area contributed by atoms with E-state index in [1.165, 1.54) is 12.1 Å². The maximum absolute atomic E-state index is 11.5. The van der Waals surface area contributed by atoms with Crippen molar-refractivity contribution in [3.63, 3.8) is 0 Å². The van der Waals surface area contributed by atoms with Gasteiger partial charge >= 0.3 is 5.82 Å². The minimum atomic E-state index is -0.585. The lowest BCUT2D eigenvalue weighted by molar-refractivity contribution is -0.389. The second-order valence-electron chi connectivity index (χ2n) is 3.54. The van der Waals surface area contributed by atoms with Gasteiger partial charge < -0.3 is 21.2 Å².